The fourth-order valence-electron chi connectivity index (χ4n) is 2.15. The lowest BCUT2D eigenvalue weighted by atomic mass is 10.1. The number of benzene rings is 1. The van der Waals surface area contributed by atoms with Crippen LogP contribution in [-0.4, -0.2) is 27.9 Å². The Kier molecular flexibility index (Phi) is 4.42. The lowest BCUT2D eigenvalue weighted by Crippen LogP contribution is -2.24. The summed E-state index contributed by atoms with van der Waals surface area (Å²) in [6.45, 7) is -0.143. The predicted octanol–water partition coefficient (Wildman–Crippen LogP) is 1.64. The number of hydrogen-bond acceptors (Lipinski definition) is 4. The van der Waals surface area contributed by atoms with E-state index in [2.05, 4.69) is 0 Å². The third-order valence-electron chi connectivity index (χ3n) is 3.20. The van der Waals surface area contributed by atoms with E-state index in [1.807, 2.05) is 0 Å². The van der Waals surface area contributed by atoms with Gasteiger partial charge in [0.15, 0.2) is 0 Å². The minimum absolute atomic E-state index is 0.143. The monoisotopic (exact) mass is 275 g/mol. The standard InChI is InChI=1S/C15H17NO4/c1-20-15(19)14(16-8-2-3-12(16)10-17)9-11-4-6-13(18)7-5-11/h2-8,14,17-18H,9-10H2,1H3/t14-/m0/s1. The number of aliphatic hydroxyl groups is 1. The number of carbonyl (C=O) groups is 1. The van der Waals surface area contributed by atoms with E-state index in [1.54, 1.807) is 47.2 Å². The highest BCUT2D eigenvalue weighted by molar-refractivity contribution is 5.74. The lowest BCUT2D eigenvalue weighted by Gasteiger charge is -2.19. The third kappa shape index (κ3) is 3.00. The first-order valence-electron chi connectivity index (χ1n) is 6.28. The highest BCUT2D eigenvalue weighted by Crippen LogP contribution is 2.20. The number of hydrogen-bond donors (Lipinski definition) is 2. The Labute approximate surface area is 117 Å². The molecular weight excluding hydrogens is 258 g/mol. The van der Waals surface area contributed by atoms with Crippen molar-refractivity contribution in [1.82, 2.24) is 4.57 Å². The number of carbonyl (C=O) groups excluding carboxylic acids is 1. The van der Waals surface area contributed by atoms with Crippen LogP contribution in [0.5, 0.6) is 5.75 Å². The molecule has 2 aromatic rings. The molecule has 1 atom stereocenters. The molecule has 1 heterocycles. The molecule has 106 valence electrons. The summed E-state index contributed by atoms with van der Waals surface area (Å²) >= 11 is 0. The van der Waals surface area contributed by atoms with Crippen molar-refractivity contribution in [3.05, 3.63) is 53.9 Å². The van der Waals surface area contributed by atoms with Crippen molar-refractivity contribution >= 4 is 5.97 Å². The molecule has 2 rings (SSSR count). The normalized spacial score (nSPS) is 12.1. The number of nitrogens with zero attached hydrogens (tertiary/aromatic N) is 1. The fraction of sp³-hybridized carbons (Fsp3) is 0.267. The molecule has 0 aliphatic carbocycles. The van der Waals surface area contributed by atoms with Gasteiger partial charge in [0.1, 0.15) is 11.8 Å². The van der Waals surface area contributed by atoms with Crippen LogP contribution in [0, 0.1) is 0 Å². The smallest absolute Gasteiger partial charge is 0.329 e. The molecule has 0 saturated heterocycles. The maximum absolute atomic E-state index is 12.0. The van der Waals surface area contributed by atoms with E-state index < -0.39 is 6.04 Å². The molecule has 0 radical (unpaired) electrons. The number of rotatable bonds is 5. The van der Waals surface area contributed by atoms with Crippen molar-refractivity contribution in [1.29, 1.82) is 0 Å². The summed E-state index contributed by atoms with van der Waals surface area (Å²) in [4.78, 5) is 12.0. The van der Waals surface area contributed by atoms with Gasteiger partial charge in [-0.2, -0.15) is 0 Å². The first-order chi connectivity index (χ1) is 9.65. The number of aromatic hydroxyl groups is 1. The zero-order valence-electron chi connectivity index (χ0n) is 11.2. The van der Waals surface area contributed by atoms with E-state index in [1.165, 1.54) is 7.11 Å². The zero-order chi connectivity index (χ0) is 14.5. The zero-order valence-corrected chi connectivity index (χ0v) is 11.2. The topological polar surface area (TPSA) is 71.7 Å². The molecular formula is C15H17NO4. The number of esters is 1. The van der Waals surface area contributed by atoms with Crippen LogP contribution in [0.25, 0.3) is 0 Å². The maximum atomic E-state index is 12.0. The second-order valence-corrected chi connectivity index (χ2v) is 4.47. The molecule has 20 heavy (non-hydrogen) atoms. The van der Waals surface area contributed by atoms with Crippen LogP contribution < -0.4 is 0 Å². The van der Waals surface area contributed by atoms with Gasteiger partial charge in [0.05, 0.1) is 13.7 Å². The van der Waals surface area contributed by atoms with Crippen molar-refractivity contribution in [3.63, 3.8) is 0 Å². The van der Waals surface area contributed by atoms with Gasteiger partial charge in [0, 0.05) is 18.3 Å². The van der Waals surface area contributed by atoms with Gasteiger partial charge in [-0.05, 0) is 29.8 Å². The number of ether oxygens (including phenoxy) is 1. The molecule has 5 nitrogen and oxygen atoms in total. The van der Waals surface area contributed by atoms with Crippen LogP contribution in [-0.2, 0) is 22.6 Å². The fourth-order valence-corrected chi connectivity index (χ4v) is 2.15. The van der Waals surface area contributed by atoms with E-state index in [4.69, 9.17) is 4.74 Å². The Morgan fingerprint density at radius 3 is 2.60 bits per heavy atom. The summed E-state index contributed by atoms with van der Waals surface area (Å²) in [5.41, 5.74) is 1.55. The summed E-state index contributed by atoms with van der Waals surface area (Å²) in [5, 5.41) is 18.6. The number of phenolic OH excluding ortho intramolecular Hbond substituents is 1. The SMILES string of the molecule is COC(=O)[C@H](Cc1ccc(O)cc1)n1cccc1CO. The van der Waals surface area contributed by atoms with Crippen LogP contribution in [0.15, 0.2) is 42.6 Å². The highest BCUT2D eigenvalue weighted by Gasteiger charge is 2.23. The van der Waals surface area contributed by atoms with E-state index in [0.717, 1.165) is 5.56 Å². The highest BCUT2D eigenvalue weighted by atomic mass is 16.5. The number of phenols is 1. The molecule has 0 saturated carbocycles. The molecule has 0 fully saturated rings. The Morgan fingerprint density at radius 2 is 2.00 bits per heavy atom. The molecule has 0 aliphatic heterocycles. The molecule has 0 unspecified atom stereocenters. The van der Waals surface area contributed by atoms with Crippen molar-refractivity contribution in [3.8, 4) is 5.75 Å². The van der Waals surface area contributed by atoms with Crippen LogP contribution >= 0.6 is 0 Å². The molecule has 0 amide bonds. The van der Waals surface area contributed by atoms with Crippen molar-refractivity contribution < 1.29 is 19.7 Å². The average molecular weight is 275 g/mol. The lowest BCUT2D eigenvalue weighted by molar-refractivity contribution is -0.144. The van der Waals surface area contributed by atoms with Crippen molar-refractivity contribution in [2.75, 3.05) is 7.11 Å². The van der Waals surface area contributed by atoms with E-state index in [9.17, 15) is 15.0 Å². The van der Waals surface area contributed by atoms with Gasteiger partial charge in [0.25, 0.3) is 0 Å². The van der Waals surface area contributed by atoms with E-state index in [-0.39, 0.29) is 18.3 Å². The van der Waals surface area contributed by atoms with Crippen molar-refractivity contribution in [2.24, 2.45) is 0 Å². The molecule has 5 heteroatoms. The Morgan fingerprint density at radius 1 is 1.30 bits per heavy atom. The number of methoxy groups -OCH3 is 1. The van der Waals surface area contributed by atoms with Gasteiger partial charge < -0.3 is 19.5 Å². The summed E-state index contributed by atoms with van der Waals surface area (Å²) in [7, 11) is 1.34. The van der Waals surface area contributed by atoms with Gasteiger partial charge in [-0.25, -0.2) is 4.79 Å². The summed E-state index contributed by atoms with van der Waals surface area (Å²) in [6.07, 6.45) is 2.17. The molecule has 0 aliphatic rings. The van der Waals surface area contributed by atoms with Crippen molar-refractivity contribution in [2.45, 2.75) is 19.1 Å². The van der Waals surface area contributed by atoms with Gasteiger partial charge in [-0.15, -0.1) is 0 Å². The summed E-state index contributed by atoms with van der Waals surface area (Å²) in [5.74, 6) is -0.190. The van der Waals surface area contributed by atoms with Gasteiger partial charge in [0.2, 0.25) is 0 Å². The maximum Gasteiger partial charge on any atom is 0.329 e. The Bertz CT molecular complexity index is 574. The average Bonchev–Trinajstić information content (AvgIpc) is 2.94. The molecule has 1 aromatic carbocycles. The quantitative estimate of drug-likeness (QED) is 0.814. The number of aromatic nitrogens is 1. The Balaban J connectivity index is 2.29. The van der Waals surface area contributed by atoms with Crippen LogP contribution in [0.2, 0.25) is 0 Å². The van der Waals surface area contributed by atoms with E-state index in [0.29, 0.717) is 12.1 Å². The molecule has 0 bridgehead atoms. The molecule has 0 spiro atoms. The first-order valence-corrected chi connectivity index (χ1v) is 6.28. The van der Waals surface area contributed by atoms with E-state index >= 15 is 0 Å². The molecule has 1 aromatic heterocycles. The minimum Gasteiger partial charge on any atom is -0.508 e. The third-order valence-corrected chi connectivity index (χ3v) is 3.20. The van der Waals surface area contributed by atoms with Crippen LogP contribution in [0.4, 0.5) is 0 Å². The summed E-state index contributed by atoms with van der Waals surface area (Å²) < 4.78 is 6.55. The predicted molar refractivity (Wildman–Crippen MR) is 73.2 cm³/mol. The molecule has 2 N–H and O–H groups in total. The second kappa shape index (κ2) is 6.25. The number of aliphatic hydroxyl groups excluding tert-OH is 1. The largest absolute Gasteiger partial charge is 0.508 e. The van der Waals surface area contributed by atoms with Gasteiger partial charge >= 0.3 is 5.97 Å². The first kappa shape index (κ1) is 14.1. The van der Waals surface area contributed by atoms with Gasteiger partial charge in [-0.1, -0.05) is 12.1 Å². The van der Waals surface area contributed by atoms with Crippen LogP contribution in [0.3, 0.4) is 0 Å². The van der Waals surface area contributed by atoms with Gasteiger partial charge in [-0.3, -0.25) is 0 Å². The minimum atomic E-state index is -0.540. The Hall–Kier alpha value is -2.27. The summed E-state index contributed by atoms with van der Waals surface area (Å²) in [6, 6.07) is 9.66. The van der Waals surface area contributed by atoms with Crippen LogP contribution in [0.1, 0.15) is 17.3 Å². The second-order valence-electron chi connectivity index (χ2n) is 4.47.